The van der Waals surface area contributed by atoms with Gasteiger partial charge in [0.05, 0.1) is 34.0 Å². The van der Waals surface area contributed by atoms with Crippen LogP contribution in [0.25, 0.3) is 10.4 Å². The molecule has 10 nitrogen and oxygen atoms in total. The van der Waals surface area contributed by atoms with Gasteiger partial charge in [0.2, 0.25) is 23.6 Å². The molecule has 1 saturated heterocycles. The summed E-state index contributed by atoms with van der Waals surface area (Å²) in [5, 5.41) is 13.2. The summed E-state index contributed by atoms with van der Waals surface area (Å²) in [5.74, 6) is -4.00. The molecule has 0 aliphatic carbocycles. The average Bonchev–Trinajstić information content (AvgIpc) is 3.44. The third-order valence-corrected chi connectivity index (χ3v) is 7.94. The zero-order valence-electron chi connectivity index (χ0n) is 22.3. The van der Waals surface area contributed by atoms with Crippen LogP contribution in [0, 0.1) is 24.2 Å². The standard InChI is InChI=1S/C27H37N5O5S/c1-15-23(38-14-31-15)17-7-5-16(6-8-17)12-30-25(36)20-11-18(33)13-32(20)26(37)22(27(2,3)4)19(24(29)35)9-10-21(28)34/h5-8,14,18-20,22,33H,9-13H2,1-4H3,(H2,28,34)(H2,29,35)(H,30,36)/t18-,19?,20+,22?/m1/s1. The summed E-state index contributed by atoms with van der Waals surface area (Å²) in [6, 6.07) is 6.90. The second kappa shape index (κ2) is 12.0. The fraction of sp³-hybridized carbons (Fsp3) is 0.519. The topological polar surface area (TPSA) is 169 Å². The smallest absolute Gasteiger partial charge is 0.243 e. The maximum Gasteiger partial charge on any atom is 0.243 e. The number of hydrogen-bond acceptors (Lipinski definition) is 7. The monoisotopic (exact) mass is 543 g/mol. The van der Waals surface area contributed by atoms with Crippen LogP contribution in [-0.2, 0) is 25.7 Å². The number of primary amides is 2. The van der Waals surface area contributed by atoms with Crippen LogP contribution in [0.5, 0.6) is 0 Å². The van der Waals surface area contributed by atoms with E-state index in [1.807, 2.05) is 31.2 Å². The molecule has 4 atom stereocenters. The molecule has 0 radical (unpaired) electrons. The van der Waals surface area contributed by atoms with E-state index in [-0.39, 0.29) is 32.4 Å². The fourth-order valence-electron chi connectivity index (χ4n) is 5.06. The minimum Gasteiger partial charge on any atom is -0.391 e. The Morgan fingerprint density at radius 3 is 2.37 bits per heavy atom. The Morgan fingerprint density at radius 2 is 1.84 bits per heavy atom. The fourth-order valence-corrected chi connectivity index (χ4v) is 5.87. The molecule has 1 fully saturated rings. The van der Waals surface area contributed by atoms with Gasteiger partial charge in [-0.3, -0.25) is 19.2 Å². The van der Waals surface area contributed by atoms with E-state index in [0.29, 0.717) is 0 Å². The molecule has 2 heterocycles. The lowest BCUT2D eigenvalue weighted by Crippen LogP contribution is -2.53. The number of carbonyl (C=O) groups is 4. The number of aryl methyl sites for hydroxylation is 1. The predicted molar refractivity (Wildman–Crippen MR) is 144 cm³/mol. The predicted octanol–water partition coefficient (Wildman–Crippen LogP) is 1.73. The van der Waals surface area contributed by atoms with E-state index in [9.17, 15) is 24.3 Å². The molecule has 3 rings (SSSR count). The summed E-state index contributed by atoms with van der Waals surface area (Å²) in [6.07, 6.45) is -0.861. The van der Waals surface area contributed by atoms with Crippen LogP contribution in [0.1, 0.15) is 51.3 Å². The summed E-state index contributed by atoms with van der Waals surface area (Å²) in [5.41, 5.74) is 14.9. The van der Waals surface area contributed by atoms with Crippen molar-refractivity contribution in [1.82, 2.24) is 15.2 Å². The van der Waals surface area contributed by atoms with Crippen LogP contribution in [-0.4, -0.2) is 57.3 Å². The quantitative estimate of drug-likeness (QED) is 0.356. The first-order chi connectivity index (χ1) is 17.8. The Hall–Kier alpha value is -3.31. The van der Waals surface area contributed by atoms with Crippen molar-refractivity contribution in [3.8, 4) is 10.4 Å². The number of aliphatic hydroxyl groups excluding tert-OH is 1. The van der Waals surface area contributed by atoms with Gasteiger partial charge in [0.25, 0.3) is 0 Å². The molecule has 2 aromatic rings. The normalized spacial score (nSPS) is 19.1. The molecule has 1 aromatic carbocycles. The molecule has 0 saturated carbocycles. The van der Waals surface area contributed by atoms with Crippen molar-refractivity contribution < 1.29 is 24.3 Å². The number of likely N-dealkylation sites (tertiary alicyclic amines) is 1. The van der Waals surface area contributed by atoms with Crippen LogP contribution >= 0.6 is 11.3 Å². The number of nitrogens with two attached hydrogens (primary N) is 2. The maximum absolute atomic E-state index is 13.8. The lowest BCUT2D eigenvalue weighted by Gasteiger charge is -2.38. The summed E-state index contributed by atoms with van der Waals surface area (Å²) in [7, 11) is 0. The van der Waals surface area contributed by atoms with Gasteiger partial charge in [0.1, 0.15) is 6.04 Å². The van der Waals surface area contributed by atoms with E-state index in [2.05, 4.69) is 10.3 Å². The molecular formula is C27H37N5O5S. The SMILES string of the molecule is Cc1ncsc1-c1ccc(CNC(=O)[C@@H]2C[C@@H](O)CN2C(=O)C(C(CCC(N)=O)C(N)=O)C(C)(C)C)cc1. The van der Waals surface area contributed by atoms with Gasteiger partial charge in [-0.25, -0.2) is 4.98 Å². The number of β-amino-alcohol motifs (C(OH)–C–C–N with tert-alkyl or cyclic N) is 1. The van der Waals surface area contributed by atoms with E-state index in [4.69, 9.17) is 11.5 Å². The number of hydrogen-bond donors (Lipinski definition) is 4. The molecule has 2 unspecified atom stereocenters. The van der Waals surface area contributed by atoms with Crippen LogP contribution < -0.4 is 16.8 Å². The molecule has 1 aliphatic heterocycles. The molecule has 1 aromatic heterocycles. The Kier molecular flexibility index (Phi) is 9.26. The average molecular weight is 544 g/mol. The van der Waals surface area contributed by atoms with Crippen molar-refractivity contribution in [2.24, 2.45) is 28.7 Å². The Morgan fingerprint density at radius 1 is 1.18 bits per heavy atom. The number of thiazole rings is 1. The highest BCUT2D eigenvalue weighted by atomic mass is 32.1. The number of benzene rings is 1. The lowest BCUT2D eigenvalue weighted by atomic mass is 9.70. The number of aliphatic hydroxyl groups is 1. The van der Waals surface area contributed by atoms with Gasteiger partial charge < -0.3 is 26.8 Å². The molecule has 206 valence electrons. The van der Waals surface area contributed by atoms with Crippen molar-refractivity contribution in [1.29, 1.82) is 0 Å². The number of aromatic nitrogens is 1. The summed E-state index contributed by atoms with van der Waals surface area (Å²) in [6.45, 7) is 7.57. The van der Waals surface area contributed by atoms with Crippen molar-refractivity contribution in [2.75, 3.05) is 6.54 Å². The Bertz CT molecular complexity index is 1170. The molecule has 6 N–H and O–H groups in total. The maximum atomic E-state index is 13.8. The van der Waals surface area contributed by atoms with E-state index < -0.39 is 53.0 Å². The number of nitrogens with zero attached hydrogens (tertiary/aromatic N) is 2. The largest absolute Gasteiger partial charge is 0.391 e. The van der Waals surface area contributed by atoms with Gasteiger partial charge in [-0.1, -0.05) is 45.0 Å². The van der Waals surface area contributed by atoms with E-state index >= 15 is 0 Å². The highest BCUT2D eigenvalue weighted by Gasteiger charge is 2.47. The van der Waals surface area contributed by atoms with Crippen LogP contribution in [0.3, 0.4) is 0 Å². The molecule has 38 heavy (non-hydrogen) atoms. The van der Waals surface area contributed by atoms with Crippen LogP contribution in [0.2, 0.25) is 0 Å². The van der Waals surface area contributed by atoms with Gasteiger partial charge in [-0.2, -0.15) is 0 Å². The summed E-state index contributed by atoms with van der Waals surface area (Å²) >= 11 is 1.56. The van der Waals surface area contributed by atoms with Crippen molar-refractivity contribution >= 4 is 35.0 Å². The summed E-state index contributed by atoms with van der Waals surface area (Å²) in [4.78, 5) is 57.4. The van der Waals surface area contributed by atoms with Gasteiger partial charge in [0.15, 0.2) is 0 Å². The van der Waals surface area contributed by atoms with E-state index in [0.717, 1.165) is 21.7 Å². The van der Waals surface area contributed by atoms with Gasteiger partial charge >= 0.3 is 0 Å². The first kappa shape index (κ1) is 29.2. The van der Waals surface area contributed by atoms with Gasteiger partial charge in [-0.05, 0) is 29.9 Å². The molecule has 1 aliphatic rings. The molecule has 0 bridgehead atoms. The lowest BCUT2D eigenvalue weighted by molar-refractivity contribution is -0.150. The number of nitrogens with one attached hydrogen (secondary N) is 1. The Balaban J connectivity index is 1.74. The highest BCUT2D eigenvalue weighted by Crippen LogP contribution is 2.38. The second-order valence-corrected chi connectivity index (χ2v) is 11.8. The number of amides is 4. The van der Waals surface area contributed by atoms with E-state index in [1.165, 1.54) is 4.90 Å². The molecular weight excluding hydrogens is 506 g/mol. The number of rotatable bonds is 10. The second-order valence-electron chi connectivity index (χ2n) is 10.9. The molecule has 11 heteroatoms. The van der Waals surface area contributed by atoms with E-state index in [1.54, 1.807) is 37.6 Å². The third kappa shape index (κ3) is 6.96. The first-order valence-electron chi connectivity index (χ1n) is 12.6. The number of carbonyl (C=O) groups excluding carboxylic acids is 4. The molecule has 0 spiro atoms. The first-order valence-corrected chi connectivity index (χ1v) is 13.5. The van der Waals surface area contributed by atoms with Crippen molar-refractivity contribution in [3.63, 3.8) is 0 Å². The Labute approximate surface area is 226 Å². The zero-order chi connectivity index (χ0) is 28.2. The van der Waals surface area contributed by atoms with Crippen molar-refractivity contribution in [2.45, 2.75) is 65.6 Å². The zero-order valence-corrected chi connectivity index (χ0v) is 23.1. The molecule has 4 amide bonds. The summed E-state index contributed by atoms with van der Waals surface area (Å²) < 4.78 is 0. The third-order valence-electron chi connectivity index (χ3n) is 6.96. The van der Waals surface area contributed by atoms with Crippen molar-refractivity contribution in [3.05, 3.63) is 41.0 Å². The minimum absolute atomic E-state index is 0.0304. The van der Waals surface area contributed by atoms with Gasteiger partial charge in [-0.15, -0.1) is 11.3 Å². The highest BCUT2D eigenvalue weighted by molar-refractivity contribution is 7.13. The van der Waals surface area contributed by atoms with Crippen LogP contribution in [0.4, 0.5) is 0 Å². The minimum atomic E-state index is -0.947. The van der Waals surface area contributed by atoms with Gasteiger partial charge in [0, 0.05) is 25.9 Å². The van der Waals surface area contributed by atoms with Crippen LogP contribution in [0.15, 0.2) is 29.8 Å².